The van der Waals surface area contributed by atoms with Crippen LogP contribution in [0.3, 0.4) is 0 Å². The molecule has 1 heterocycles. The maximum atomic E-state index is 12.0. The molecular weight excluding hydrogens is 262 g/mol. The topological polar surface area (TPSA) is 57.6 Å². The highest BCUT2D eigenvalue weighted by molar-refractivity contribution is 7.89. The number of aliphatic hydroxyl groups excluding tert-OH is 1. The molecule has 1 aliphatic heterocycles. The molecule has 1 aliphatic rings. The Kier molecular flexibility index (Phi) is 5.70. The summed E-state index contributed by atoms with van der Waals surface area (Å²) >= 11 is 5.65. The standard InChI is InChI=1S/C11H22ClNO3S/c1-9(7-12)8-17(15,16)13-5-3-11(4-6-13)10(2)14/h9-11,14H,3-8H2,1-2H3. The molecule has 0 radical (unpaired) electrons. The van der Waals surface area contributed by atoms with Gasteiger partial charge in [-0.15, -0.1) is 11.6 Å². The molecule has 1 N–H and O–H groups in total. The quantitative estimate of drug-likeness (QED) is 0.774. The summed E-state index contributed by atoms with van der Waals surface area (Å²) in [6, 6.07) is 0. The van der Waals surface area contributed by atoms with Crippen LogP contribution in [0.1, 0.15) is 26.7 Å². The molecule has 1 rings (SSSR count). The van der Waals surface area contributed by atoms with Crippen molar-refractivity contribution in [2.24, 2.45) is 11.8 Å². The number of hydrogen-bond acceptors (Lipinski definition) is 3. The SMILES string of the molecule is CC(CCl)CS(=O)(=O)N1CCC(C(C)O)CC1. The second-order valence-corrected chi connectivity index (χ2v) is 7.34. The van der Waals surface area contributed by atoms with Crippen molar-refractivity contribution in [1.82, 2.24) is 4.31 Å². The van der Waals surface area contributed by atoms with Crippen LogP contribution in [0.4, 0.5) is 0 Å². The highest BCUT2D eigenvalue weighted by Gasteiger charge is 2.30. The fourth-order valence-electron chi connectivity index (χ4n) is 2.15. The molecule has 2 atom stereocenters. The average Bonchev–Trinajstić information content (AvgIpc) is 2.28. The predicted molar refractivity (Wildman–Crippen MR) is 69.6 cm³/mol. The number of nitrogens with zero attached hydrogens (tertiary/aromatic N) is 1. The van der Waals surface area contributed by atoms with Crippen LogP contribution in [0, 0.1) is 11.8 Å². The zero-order chi connectivity index (χ0) is 13.1. The molecule has 6 heteroatoms. The summed E-state index contributed by atoms with van der Waals surface area (Å²) in [5.74, 6) is 0.696. The van der Waals surface area contributed by atoms with Crippen LogP contribution < -0.4 is 0 Å². The lowest BCUT2D eigenvalue weighted by Crippen LogP contribution is -2.42. The Hall–Kier alpha value is 0.160. The van der Waals surface area contributed by atoms with Crippen molar-refractivity contribution in [3.63, 3.8) is 0 Å². The van der Waals surface area contributed by atoms with Crippen molar-refractivity contribution in [2.45, 2.75) is 32.8 Å². The van der Waals surface area contributed by atoms with Gasteiger partial charge in [0.1, 0.15) is 0 Å². The molecule has 1 fully saturated rings. The van der Waals surface area contributed by atoms with Gasteiger partial charge in [0.15, 0.2) is 0 Å². The van der Waals surface area contributed by atoms with Crippen LogP contribution in [0.2, 0.25) is 0 Å². The molecule has 0 amide bonds. The molecule has 17 heavy (non-hydrogen) atoms. The summed E-state index contributed by atoms with van der Waals surface area (Å²) < 4.78 is 25.6. The van der Waals surface area contributed by atoms with Gasteiger partial charge in [0.2, 0.25) is 10.0 Å². The first kappa shape index (κ1) is 15.2. The Balaban J connectivity index is 2.53. The lowest BCUT2D eigenvalue weighted by Gasteiger charge is -2.32. The molecule has 0 aliphatic carbocycles. The van der Waals surface area contributed by atoms with Crippen LogP contribution in [-0.2, 0) is 10.0 Å². The first-order valence-electron chi connectivity index (χ1n) is 6.08. The largest absolute Gasteiger partial charge is 0.393 e. The van der Waals surface area contributed by atoms with Crippen molar-refractivity contribution < 1.29 is 13.5 Å². The van der Waals surface area contributed by atoms with Crippen molar-refractivity contribution >= 4 is 21.6 Å². The molecule has 4 nitrogen and oxygen atoms in total. The van der Waals surface area contributed by atoms with E-state index in [-0.39, 0.29) is 23.7 Å². The highest BCUT2D eigenvalue weighted by atomic mass is 35.5. The number of piperidine rings is 1. The van der Waals surface area contributed by atoms with Crippen LogP contribution in [0.15, 0.2) is 0 Å². The lowest BCUT2D eigenvalue weighted by molar-refractivity contribution is 0.0911. The van der Waals surface area contributed by atoms with Gasteiger partial charge in [0.05, 0.1) is 11.9 Å². The molecule has 0 spiro atoms. The lowest BCUT2D eigenvalue weighted by atomic mass is 9.93. The second-order valence-electron chi connectivity index (χ2n) is 5.02. The summed E-state index contributed by atoms with van der Waals surface area (Å²) in [4.78, 5) is 0. The van der Waals surface area contributed by atoms with Crippen LogP contribution in [0.5, 0.6) is 0 Å². The minimum Gasteiger partial charge on any atom is -0.393 e. The van der Waals surface area contributed by atoms with Crippen molar-refractivity contribution in [1.29, 1.82) is 0 Å². The van der Waals surface area contributed by atoms with Gasteiger partial charge in [-0.2, -0.15) is 0 Å². The van der Waals surface area contributed by atoms with Gasteiger partial charge in [-0.1, -0.05) is 6.92 Å². The van der Waals surface area contributed by atoms with Gasteiger partial charge < -0.3 is 5.11 Å². The first-order valence-corrected chi connectivity index (χ1v) is 8.23. The van der Waals surface area contributed by atoms with Crippen molar-refractivity contribution in [3.8, 4) is 0 Å². The zero-order valence-corrected chi connectivity index (χ0v) is 12.0. The summed E-state index contributed by atoms with van der Waals surface area (Å²) in [7, 11) is -3.18. The van der Waals surface area contributed by atoms with Crippen LogP contribution >= 0.6 is 11.6 Å². The monoisotopic (exact) mass is 283 g/mol. The van der Waals surface area contributed by atoms with E-state index in [1.807, 2.05) is 6.92 Å². The van der Waals surface area contributed by atoms with Gasteiger partial charge >= 0.3 is 0 Å². The Morgan fingerprint density at radius 3 is 2.29 bits per heavy atom. The zero-order valence-electron chi connectivity index (χ0n) is 10.5. The van der Waals surface area contributed by atoms with E-state index >= 15 is 0 Å². The smallest absolute Gasteiger partial charge is 0.214 e. The number of rotatable bonds is 5. The van der Waals surface area contributed by atoms with Crippen molar-refractivity contribution in [2.75, 3.05) is 24.7 Å². The molecule has 1 saturated heterocycles. The van der Waals surface area contributed by atoms with E-state index in [1.54, 1.807) is 6.92 Å². The van der Waals surface area contributed by atoms with E-state index in [1.165, 1.54) is 4.31 Å². The summed E-state index contributed by atoms with van der Waals surface area (Å²) in [5.41, 5.74) is 0. The highest BCUT2D eigenvalue weighted by Crippen LogP contribution is 2.23. The summed E-state index contributed by atoms with van der Waals surface area (Å²) in [6.45, 7) is 4.65. The molecule has 0 aromatic heterocycles. The molecule has 2 unspecified atom stereocenters. The van der Waals surface area contributed by atoms with Crippen molar-refractivity contribution in [3.05, 3.63) is 0 Å². The fraction of sp³-hybridized carbons (Fsp3) is 1.00. The Morgan fingerprint density at radius 2 is 1.88 bits per heavy atom. The van der Waals surface area contributed by atoms with Gasteiger partial charge in [-0.3, -0.25) is 0 Å². The molecular formula is C11H22ClNO3S. The second kappa shape index (κ2) is 6.36. The van der Waals surface area contributed by atoms with E-state index < -0.39 is 10.0 Å². The van der Waals surface area contributed by atoms with Crippen LogP contribution in [-0.4, -0.2) is 48.7 Å². The normalized spacial score (nSPS) is 23.5. The van der Waals surface area contributed by atoms with E-state index in [0.717, 1.165) is 12.8 Å². The third-order valence-corrected chi connectivity index (χ3v) is 6.00. The Bertz CT molecular complexity index is 324. The minimum atomic E-state index is -3.18. The van der Waals surface area contributed by atoms with E-state index in [9.17, 15) is 13.5 Å². The van der Waals surface area contributed by atoms with Gasteiger partial charge in [0.25, 0.3) is 0 Å². The molecule has 0 bridgehead atoms. The van der Waals surface area contributed by atoms with Crippen LogP contribution in [0.25, 0.3) is 0 Å². The Labute approximate surface area is 109 Å². The fourth-order valence-corrected chi connectivity index (χ4v) is 4.20. The van der Waals surface area contributed by atoms with E-state index in [2.05, 4.69) is 0 Å². The maximum absolute atomic E-state index is 12.0. The summed E-state index contributed by atoms with van der Waals surface area (Å²) in [5, 5.41) is 9.46. The number of sulfonamides is 1. The van der Waals surface area contributed by atoms with Gasteiger partial charge in [-0.25, -0.2) is 12.7 Å². The number of aliphatic hydroxyl groups is 1. The van der Waals surface area contributed by atoms with Gasteiger partial charge in [0, 0.05) is 19.0 Å². The molecule has 0 aromatic rings. The third-order valence-electron chi connectivity index (χ3n) is 3.33. The van der Waals surface area contributed by atoms with E-state index in [0.29, 0.717) is 19.0 Å². The first-order chi connectivity index (χ1) is 7.86. The number of hydrogen-bond donors (Lipinski definition) is 1. The molecule has 102 valence electrons. The van der Waals surface area contributed by atoms with E-state index in [4.69, 9.17) is 11.6 Å². The summed E-state index contributed by atoms with van der Waals surface area (Å²) in [6.07, 6.45) is 1.14. The average molecular weight is 284 g/mol. The molecule has 0 aromatic carbocycles. The molecule has 0 saturated carbocycles. The number of halogens is 1. The maximum Gasteiger partial charge on any atom is 0.214 e. The predicted octanol–water partition coefficient (Wildman–Crippen LogP) is 1.28. The number of alkyl halides is 1. The third kappa shape index (κ3) is 4.39. The Morgan fingerprint density at radius 1 is 1.35 bits per heavy atom. The van der Waals surface area contributed by atoms with Gasteiger partial charge in [-0.05, 0) is 31.6 Å². The minimum absolute atomic E-state index is 0.0174.